The van der Waals surface area contributed by atoms with E-state index in [2.05, 4.69) is 6.58 Å². The van der Waals surface area contributed by atoms with E-state index in [1.807, 2.05) is 44.2 Å². The van der Waals surface area contributed by atoms with E-state index in [1.54, 1.807) is 6.08 Å². The van der Waals surface area contributed by atoms with Crippen LogP contribution in [0, 0.1) is 11.8 Å². The first-order chi connectivity index (χ1) is 10.5. The SMILES string of the molecule is C=CC[C@H](C(=O)N1C(=O)OCC1Cc1ccccc1)C(C)C. The Hall–Kier alpha value is -2.10. The Morgan fingerprint density at radius 2 is 2.09 bits per heavy atom. The summed E-state index contributed by atoms with van der Waals surface area (Å²) in [6, 6.07) is 9.61. The zero-order valence-electron chi connectivity index (χ0n) is 13.2. The molecule has 1 heterocycles. The number of allylic oxidation sites excluding steroid dienone is 1. The topological polar surface area (TPSA) is 46.6 Å². The maximum absolute atomic E-state index is 12.8. The summed E-state index contributed by atoms with van der Waals surface area (Å²) in [6.45, 7) is 7.94. The Labute approximate surface area is 131 Å². The summed E-state index contributed by atoms with van der Waals surface area (Å²) in [5, 5.41) is 0. The van der Waals surface area contributed by atoms with Crippen molar-refractivity contribution < 1.29 is 14.3 Å². The summed E-state index contributed by atoms with van der Waals surface area (Å²) in [6.07, 6.45) is 2.40. The second-order valence-electron chi connectivity index (χ2n) is 6.00. The van der Waals surface area contributed by atoms with Gasteiger partial charge in [0.05, 0.1) is 6.04 Å². The molecule has 1 aromatic carbocycles. The number of imide groups is 1. The van der Waals surface area contributed by atoms with E-state index in [-0.39, 0.29) is 30.4 Å². The molecule has 4 heteroatoms. The quantitative estimate of drug-likeness (QED) is 0.756. The van der Waals surface area contributed by atoms with Gasteiger partial charge in [-0.3, -0.25) is 4.79 Å². The van der Waals surface area contributed by atoms with Gasteiger partial charge in [0.1, 0.15) is 6.61 Å². The van der Waals surface area contributed by atoms with Gasteiger partial charge < -0.3 is 4.74 Å². The molecule has 0 spiro atoms. The van der Waals surface area contributed by atoms with Gasteiger partial charge in [0.2, 0.25) is 5.91 Å². The van der Waals surface area contributed by atoms with Crippen molar-refractivity contribution in [3.05, 3.63) is 48.6 Å². The molecule has 1 saturated heterocycles. The molecular formula is C18H23NO3. The van der Waals surface area contributed by atoms with Crippen LogP contribution in [0.3, 0.4) is 0 Å². The van der Waals surface area contributed by atoms with Gasteiger partial charge in [-0.2, -0.15) is 0 Å². The number of ether oxygens (including phenoxy) is 1. The maximum atomic E-state index is 12.8. The van der Waals surface area contributed by atoms with Crippen LogP contribution in [0.5, 0.6) is 0 Å². The highest BCUT2D eigenvalue weighted by atomic mass is 16.6. The number of carbonyl (C=O) groups is 2. The molecule has 0 aliphatic carbocycles. The highest BCUT2D eigenvalue weighted by Gasteiger charge is 2.41. The van der Waals surface area contributed by atoms with Crippen LogP contribution in [0.4, 0.5) is 4.79 Å². The average molecular weight is 301 g/mol. The van der Waals surface area contributed by atoms with E-state index in [1.165, 1.54) is 4.90 Å². The van der Waals surface area contributed by atoms with Crippen LogP contribution in [0.25, 0.3) is 0 Å². The smallest absolute Gasteiger partial charge is 0.416 e. The fourth-order valence-corrected chi connectivity index (χ4v) is 2.78. The van der Waals surface area contributed by atoms with Crippen molar-refractivity contribution >= 4 is 12.0 Å². The first-order valence-corrected chi connectivity index (χ1v) is 7.69. The molecule has 22 heavy (non-hydrogen) atoms. The molecule has 1 unspecified atom stereocenters. The largest absolute Gasteiger partial charge is 0.447 e. The molecule has 1 aliphatic heterocycles. The molecule has 0 N–H and O–H groups in total. The van der Waals surface area contributed by atoms with Gasteiger partial charge in [0.25, 0.3) is 0 Å². The molecule has 0 saturated carbocycles. The normalized spacial score (nSPS) is 19.1. The molecule has 1 fully saturated rings. The van der Waals surface area contributed by atoms with Gasteiger partial charge in [0.15, 0.2) is 0 Å². The molecule has 1 aliphatic rings. The molecule has 0 aromatic heterocycles. The second-order valence-corrected chi connectivity index (χ2v) is 6.00. The lowest BCUT2D eigenvalue weighted by Gasteiger charge is -2.26. The van der Waals surface area contributed by atoms with Crippen molar-refractivity contribution in [3.63, 3.8) is 0 Å². The number of benzene rings is 1. The molecule has 118 valence electrons. The molecule has 2 atom stereocenters. The monoisotopic (exact) mass is 301 g/mol. The van der Waals surface area contributed by atoms with Gasteiger partial charge in [-0.05, 0) is 24.3 Å². The minimum atomic E-state index is -0.527. The summed E-state index contributed by atoms with van der Waals surface area (Å²) < 4.78 is 5.12. The van der Waals surface area contributed by atoms with E-state index >= 15 is 0 Å². The summed E-state index contributed by atoms with van der Waals surface area (Å²) >= 11 is 0. The van der Waals surface area contributed by atoms with E-state index in [0.717, 1.165) is 5.56 Å². The number of hydrogen-bond acceptors (Lipinski definition) is 3. The third-order valence-electron chi connectivity index (χ3n) is 4.06. The zero-order valence-corrected chi connectivity index (χ0v) is 13.2. The van der Waals surface area contributed by atoms with E-state index < -0.39 is 6.09 Å². The lowest BCUT2D eigenvalue weighted by Crippen LogP contribution is -2.44. The number of amides is 2. The fraction of sp³-hybridized carbons (Fsp3) is 0.444. The number of cyclic esters (lactones) is 1. The van der Waals surface area contributed by atoms with Crippen LogP contribution in [0.1, 0.15) is 25.8 Å². The molecular weight excluding hydrogens is 278 g/mol. The van der Waals surface area contributed by atoms with Crippen molar-refractivity contribution in [1.82, 2.24) is 4.90 Å². The van der Waals surface area contributed by atoms with Crippen molar-refractivity contribution in [1.29, 1.82) is 0 Å². The molecule has 4 nitrogen and oxygen atoms in total. The van der Waals surface area contributed by atoms with Gasteiger partial charge in [0, 0.05) is 5.92 Å². The van der Waals surface area contributed by atoms with Crippen LogP contribution >= 0.6 is 0 Å². The highest BCUT2D eigenvalue weighted by molar-refractivity contribution is 5.95. The summed E-state index contributed by atoms with van der Waals surface area (Å²) in [5.41, 5.74) is 1.09. The lowest BCUT2D eigenvalue weighted by atomic mass is 9.90. The van der Waals surface area contributed by atoms with Gasteiger partial charge in [-0.25, -0.2) is 9.69 Å². The minimum Gasteiger partial charge on any atom is -0.447 e. The zero-order chi connectivity index (χ0) is 16.1. The molecule has 0 radical (unpaired) electrons. The minimum absolute atomic E-state index is 0.149. The van der Waals surface area contributed by atoms with Crippen LogP contribution in [0.2, 0.25) is 0 Å². The predicted octanol–water partition coefficient (Wildman–Crippen LogP) is 3.42. The van der Waals surface area contributed by atoms with Gasteiger partial charge in [-0.1, -0.05) is 50.3 Å². The number of nitrogens with zero attached hydrogens (tertiary/aromatic N) is 1. The maximum Gasteiger partial charge on any atom is 0.416 e. The van der Waals surface area contributed by atoms with Crippen molar-refractivity contribution in [2.45, 2.75) is 32.7 Å². The van der Waals surface area contributed by atoms with Crippen LogP contribution in [-0.4, -0.2) is 29.5 Å². The Bertz CT molecular complexity index is 539. The second kappa shape index (κ2) is 7.25. The first-order valence-electron chi connectivity index (χ1n) is 7.69. The van der Waals surface area contributed by atoms with Gasteiger partial charge in [-0.15, -0.1) is 6.58 Å². The van der Waals surface area contributed by atoms with E-state index in [0.29, 0.717) is 12.8 Å². The van der Waals surface area contributed by atoms with Gasteiger partial charge >= 0.3 is 6.09 Å². The first kappa shape index (κ1) is 16.3. The van der Waals surface area contributed by atoms with E-state index in [4.69, 9.17) is 4.74 Å². The van der Waals surface area contributed by atoms with Crippen molar-refractivity contribution in [3.8, 4) is 0 Å². The number of hydrogen-bond donors (Lipinski definition) is 0. The molecule has 0 bridgehead atoms. The molecule has 2 rings (SSSR count). The van der Waals surface area contributed by atoms with Crippen LogP contribution < -0.4 is 0 Å². The number of rotatable bonds is 6. The Kier molecular flexibility index (Phi) is 5.36. The standard InChI is InChI=1S/C18H23NO3/c1-4-8-16(13(2)3)17(20)19-15(12-22-18(19)21)11-14-9-6-5-7-10-14/h4-7,9-10,13,15-16H,1,8,11-12H2,2-3H3/t15?,16-/m0/s1. The summed E-state index contributed by atoms with van der Waals surface area (Å²) in [7, 11) is 0. The Balaban J connectivity index is 2.16. The van der Waals surface area contributed by atoms with Crippen LogP contribution in [0.15, 0.2) is 43.0 Å². The fourth-order valence-electron chi connectivity index (χ4n) is 2.78. The average Bonchev–Trinajstić information content (AvgIpc) is 2.85. The highest BCUT2D eigenvalue weighted by Crippen LogP contribution is 2.25. The van der Waals surface area contributed by atoms with Crippen molar-refractivity contribution in [2.24, 2.45) is 11.8 Å². The lowest BCUT2D eigenvalue weighted by molar-refractivity contribution is -0.134. The molecule has 1 aromatic rings. The Morgan fingerprint density at radius 1 is 1.41 bits per heavy atom. The summed E-state index contributed by atoms with van der Waals surface area (Å²) in [4.78, 5) is 26.1. The Morgan fingerprint density at radius 3 is 2.68 bits per heavy atom. The van der Waals surface area contributed by atoms with E-state index in [9.17, 15) is 9.59 Å². The molecule has 2 amide bonds. The van der Waals surface area contributed by atoms with Crippen LogP contribution in [-0.2, 0) is 16.0 Å². The number of carbonyl (C=O) groups excluding carboxylic acids is 2. The van der Waals surface area contributed by atoms with Crippen molar-refractivity contribution in [2.75, 3.05) is 6.61 Å². The predicted molar refractivity (Wildman–Crippen MR) is 85.3 cm³/mol. The summed E-state index contributed by atoms with van der Waals surface area (Å²) in [5.74, 6) is -0.240. The third kappa shape index (κ3) is 3.56. The third-order valence-corrected chi connectivity index (χ3v) is 4.06.